The van der Waals surface area contributed by atoms with Gasteiger partial charge in [-0.05, 0) is 38.5 Å². The predicted octanol–water partition coefficient (Wildman–Crippen LogP) is 3.31. The van der Waals surface area contributed by atoms with E-state index in [0.717, 1.165) is 16.7 Å². The molecule has 0 spiro atoms. The van der Waals surface area contributed by atoms with Crippen molar-refractivity contribution in [1.29, 1.82) is 0 Å². The second-order valence-corrected chi connectivity index (χ2v) is 3.55. The molecule has 0 atom stereocenters. The maximum absolute atomic E-state index is 9.83. The summed E-state index contributed by atoms with van der Waals surface area (Å²) in [6.45, 7) is 5.73. The number of methoxy groups -OCH3 is 1. The monoisotopic (exact) mass is 192 g/mol. The highest BCUT2D eigenvalue weighted by Gasteiger charge is 2.08. The van der Waals surface area contributed by atoms with Crippen molar-refractivity contribution in [1.82, 2.24) is 0 Å². The SMILES string of the molecule is COc1ccc(C)cc1C(O)=C(C)C. The lowest BCUT2D eigenvalue weighted by Gasteiger charge is -2.09. The van der Waals surface area contributed by atoms with Gasteiger partial charge in [0.1, 0.15) is 11.5 Å². The Bertz CT molecular complexity index is 361. The van der Waals surface area contributed by atoms with E-state index in [9.17, 15) is 5.11 Å². The number of benzene rings is 1. The quantitative estimate of drug-likeness (QED) is 0.728. The lowest BCUT2D eigenvalue weighted by atomic mass is 10.1. The molecule has 76 valence electrons. The minimum Gasteiger partial charge on any atom is -0.507 e. The Morgan fingerprint density at radius 3 is 2.43 bits per heavy atom. The fourth-order valence-electron chi connectivity index (χ4n) is 1.28. The first-order valence-corrected chi connectivity index (χ1v) is 4.57. The summed E-state index contributed by atoms with van der Waals surface area (Å²) in [5, 5.41) is 9.83. The van der Waals surface area contributed by atoms with Crippen LogP contribution in [-0.2, 0) is 0 Å². The molecule has 0 saturated carbocycles. The Labute approximate surface area is 84.8 Å². The van der Waals surface area contributed by atoms with Gasteiger partial charge in [-0.1, -0.05) is 11.6 Å². The lowest BCUT2D eigenvalue weighted by Crippen LogP contribution is -1.93. The number of hydrogen-bond acceptors (Lipinski definition) is 2. The van der Waals surface area contributed by atoms with Gasteiger partial charge in [0, 0.05) is 0 Å². The molecule has 0 bridgehead atoms. The zero-order valence-electron chi connectivity index (χ0n) is 9.09. The van der Waals surface area contributed by atoms with Crippen LogP contribution < -0.4 is 4.74 Å². The molecule has 2 nitrogen and oxygen atoms in total. The van der Waals surface area contributed by atoms with Crippen LogP contribution in [0.15, 0.2) is 23.8 Å². The molecule has 1 aromatic rings. The van der Waals surface area contributed by atoms with Gasteiger partial charge in [0.2, 0.25) is 0 Å². The second-order valence-electron chi connectivity index (χ2n) is 3.55. The van der Waals surface area contributed by atoms with Gasteiger partial charge in [0.15, 0.2) is 0 Å². The van der Waals surface area contributed by atoms with Crippen LogP contribution in [0.5, 0.6) is 5.75 Å². The molecule has 0 amide bonds. The first-order chi connectivity index (χ1) is 6.56. The molecular formula is C12H16O2. The topological polar surface area (TPSA) is 29.5 Å². The summed E-state index contributed by atoms with van der Waals surface area (Å²) < 4.78 is 5.18. The first-order valence-electron chi connectivity index (χ1n) is 4.57. The van der Waals surface area contributed by atoms with Gasteiger partial charge in [-0.25, -0.2) is 0 Å². The standard InChI is InChI=1S/C12H16O2/c1-8(2)12(13)10-7-9(3)5-6-11(10)14-4/h5-7,13H,1-4H3. The number of hydrogen-bond donors (Lipinski definition) is 1. The van der Waals surface area contributed by atoms with Crippen LogP contribution >= 0.6 is 0 Å². The molecule has 0 aromatic heterocycles. The molecule has 0 radical (unpaired) electrons. The van der Waals surface area contributed by atoms with Gasteiger partial charge in [-0.15, -0.1) is 0 Å². The summed E-state index contributed by atoms with van der Waals surface area (Å²) in [6, 6.07) is 5.74. The average molecular weight is 192 g/mol. The molecule has 0 heterocycles. The highest BCUT2D eigenvalue weighted by molar-refractivity contribution is 5.67. The molecule has 0 saturated heterocycles. The summed E-state index contributed by atoms with van der Waals surface area (Å²) in [4.78, 5) is 0. The molecule has 1 rings (SSSR count). The van der Waals surface area contributed by atoms with Gasteiger partial charge in [0.05, 0.1) is 12.7 Å². The van der Waals surface area contributed by atoms with E-state index in [1.165, 1.54) is 0 Å². The third-order valence-corrected chi connectivity index (χ3v) is 2.08. The zero-order valence-corrected chi connectivity index (χ0v) is 9.09. The molecule has 1 N–H and O–H groups in total. The van der Waals surface area contributed by atoms with Crippen molar-refractivity contribution in [2.75, 3.05) is 7.11 Å². The van der Waals surface area contributed by atoms with Crippen LogP contribution in [0.2, 0.25) is 0 Å². The van der Waals surface area contributed by atoms with Crippen LogP contribution in [-0.4, -0.2) is 12.2 Å². The average Bonchev–Trinajstić information content (AvgIpc) is 2.16. The predicted molar refractivity (Wildman–Crippen MR) is 58.6 cm³/mol. The molecule has 14 heavy (non-hydrogen) atoms. The van der Waals surface area contributed by atoms with E-state index in [1.807, 2.05) is 39.0 Å². The largest absolute Gasteiger partial charge is 0.507 e. The zero-order chi connectivity index (χ0) is 10.7. The van der Waals surface area contributed by atoms with Crippen molar-refractivity contribution in [3.8, 4) is 5.75 Å². The van der Waals surface area contributed by atoms with E-state index in [0.29, 0.717) is 11.5 Å². The third-order valence-electron chi connectivity index (χ3n) is 2.08. The first kappa shape index (κ1) is 10.6. The van der Waals surface area contributed by atoms with E-state index >= 15 is 0 Å². The molecule has 0 aliphatic rings. The third kappa shape index (κ3) is 2.08. The number of aliphatic hydroxyl groups excluding tert-OH is 1. The lowest BCUT2D eigenvalue weighted by molar-refractivity contribution is 0.408. The van der Waals surface area contributed by atoms with E-state index in [4.69, 9.17) is 4.74 Å². The maximum atomic E-state index is 9.83. The summed E-state index contributed by atoms with van der Waals surface area (Å²) in [5.41, 5.74) is 2.75. The fourth-order valence-corrected chi connectivity index (χ4v) is 1.28. The molecule has 1 aromatic carbocycles. The molecule has 0 fully saturated rings. The molecule has 0 unspecified atom stereocenters. The van der Waals surface area contributed by atoms with Crippen LogP contribution in [0, 0.1) is 6.92 Å². The van der Waals surface area contributed by atoms with Crippen molar-refractivity contribution >= 4 is 5.76 Å². The van der Waals surface area contributed by atoms with E-state index in [-0.39, 0.29) is 0 Å². The van der Waals surface area contributed by atoms with Gasteiger partial charge in [-0.3, -0.25) is 0 Å². The van der Waals surface area contributed by atoms with Crippen molar-refractivity contribution in [3.63, 3.8) is 0 Å². The normalized spacial score (nSPS) is 9.71. The number of rotatable bonds is 2. The minimum absolute atomic E-state index is 0.297. The van der Waals surface area contributed by atoms with Gasteiger partial charge in [0.25, 0.3) is 0 Å². The smallest absolute Gasteiger partial charge is 0.129 e. The Hall–Kier alpha value is -1.44. The van der Waals surface area contributed by atoms with E-state index < -0.39 is 0 Å². The van der Waals surface area contributed by atoms with Crippen molar-refractivity contribution in [3.05, 3.63) is 34.9 Å². The van der Waals surface area contributed by atoms with Crippen LogP contribution in [0.25, 0.3) is 5.76 Å². The van der Waals surface area contributed by atoms with Gasteiger partial charge < -0.3 is 9.84 Å². The maximum Gasteiger partial charge on any atom is 0.129 e. The Kier molecular flexibility index (Phi) is 3.18. The fraction of sp³-hybridized carbons (Fsp3) is 0.333. The number of aryl methyl sites for hydroxylation is 1. The summed E-state index contributed by atoms with van der Waals surface area (Å²) in [7, 11) is 1.60. The highest BCUT2D eigenvalue weighted by atomic mass is 16.5. The van der Waals surface area contributed by atoms with Crippen LogP contribution in [0.1, 0.15) is 25.0 Å². The Balaban J connectivity index is 3.31. The van der Waals surface area contributed by atoms with E-state index in [1.54, 1.807) is 7.11 Å². The molecule has 2 heteroatoms. The molecule has 0 aliphatic carbocycles. The van der Waals surface area contributed by atoms with Crippen molar-refractivity contribution in [2.45, 2.75) is 20.8 Å². The van der Waals surface area contributed by atoms with Gasteiger partial charge >= 0.3 is 0 Å². The highest BCUT2D eigenvalue weighted by Crippen LogP contribution is 2.27. The number of ether oxygens (including phenoxy) is 1. The minimum atomic E-state index is 0.297. The summed E-state index contributed by atoms with van der Waals surface area (Å²) in [5.74, 6) is 1.000. The van der Waals surface area contributed by atoms with Crippen LogP contribution in [0.3, 0.4) is 0 Å². The Morgan fingerprint density at radius 1 is 1.29 bits per heavy atom. The van der Waals surface area contributed by atoms with Crippen LogP contribution in [0.4, 0.5) is 0 Å². The molecular weight excluding hydrogens is 176 g/mol. The summed E-state index contributed by atoms with van der Waals surface area (Å²) >= 11 is 0. The molecule has 0 aliphatic heterocycles. The second kappa shape index (κ2) is 4.18. The Morgan fingerprint density at radius 2 is 1.93 bits per heavy atom. The van der Waals surface area contributed by atoms with Crippen molar-refractivity contribution in [2.24, 2.45) is 0 Å². The number of allylic oxidation sites excluding steroid dienone is 1. The van der Waals surface area contributed by atoms with E-state index in [2.05, 4.69) is 0 Å². The van der Waals surface area contributed by atoms with Crippen molar-refractivity contribution < 1.29 is 9.84 Å². The van der Waals surface area contributed by atoms with Gasteiger partial charge in [-0.2, -0.15) is 0 Å². The number of aliphatic hydroxyl groups is 1. The summed E-state index contributed by atoms with van der Waals surface area (Å²) in [6.07, 6.45) is 0.